The summed E-state index contributed by atoms with van der Waals surface area (Å²) in [6.45, 7) is 1.53. The van der Waals surface area contributed by atoms with Gasteiger partial charge < -0.3 is 20.7 Å². The fourth-order valence-electron chi connectivity index (χ4n) is 3.59. The zero-order valence-electron chi connectivity index (χ0n) is 16.8. The molecule has 1 aliphatic rings. The van der Waals surface area contributed by atoms with Crippen LogP contribution in [-0.2, 0) is 16.0 Å². The predicted molar refractivity (Wildman–Crippen MR) is 105 cm³/mol. The molecular formula is C20H21F3N4O5. The first-order chi connectivity index (χ1) is 15.0. The number of pyridine rings is 1. The third kappa shape index (κ3) is 5.26. The highest BCUT2D eigenvalue weighted by atomic mass is 19.4. The zero-order chi connectivity index (χ0) is 23.6. The Morgan fingerprint density at radius 3 is 2.69 bits per heavy atom. The summed E-state index contributed by atoms with van der Waals surface area (Å²) in [6, 6.07) is 6.19. The van der Waals surface area contributed by atoms with E-state index in [2.05, 4.69) is 15.0 Å². The van der Waals surface area contributed by atoms with Gasteiger partial charge in [0.05, 0.1) is 5.92 Å². The number of carbonyl (C=O) groups excluding carboxylic acids is 1. The van der Waals surface area contributed by atoms with Crippen LogP contribution in [0.2, 0.25) is 0 Å². The van der Waals surface area contributed by atoms with Crippen molar-refractivity contribution < 1.29 is 37.7 Å². The maximum Gasteiger partial charge on any atom is 0.573 e. The Kier molecular flexibility index (Phi) is 6.55. The fraction of sp³-hybridized carbons (Fsp3) is 0.350. The van der Waals surface area contributed by atoms with Crippen LogP contribution >= 0.6 is 0 Å². The van der Waals surface area contributed by atoms with Gasteiger partial charge in [-0.2, -0.15) is 0 Å². The summed E-state index contributed by atoms with van der Waals surface area (Å²) < 4.78 is 41.2. The molecule has 0 radical (unpaired) electrons. The van der Waals surface area contributed by atoms with Gasteiger partial charge in [-0.3, -0.25) is 15.0 Å². The summed E-state index contributed by atoms with van der Waals surface area (Å²) in [5.41, 5.74) is 6.56. The van der Waals surface area contributed by atoms with Crippen molar-refractivity contribution >= 4 is 17.7 Å². The molecule has 0 spiro atoms. The lowest BCUT2D eigenvalue weighted by atomic mass is 9.82. The highest BCUT2D eigenvalue weighted by Crippen LogP contribution is 2.32. The number of nitrogens with two attached hydrogens (primary N) is 1. The maximum absolute atomic E-state index is 12.6. The van der Waals surface area contributed by atoms with Gasteiger partial charge in [-0.25, -0.2) is 9.78 Å². The third-order valence-electron chi connectivity index (χ3n) is 5.06. The molecule has 4 unspecified atom stereocenters. The van der Waals surface area contributed by atoms with Crippen LogP contribution in [0.4, 0.5) is 19.0 Å². The van der Waals surface area contributed by atoms with E-state index >= 15 is 0 Å². The van der Waals surface area contributed by atoms with Crippen molar-refractivity contribution in [2.75, 3.05) is 5.73 Å². The van der Waals surface area contributed by atoms with Gasteiger partial charge in [0.15, 0.2) is 6.35 Å². The molecule has 9 nitrogen and oxygen atoms in total. The van der Waals surface area contributed by atoms with E-state index in [1.54, 1.807) is 6.07 Å². The molecule has 1 aromatic carbocycles. The van der Waals surface area contributed by atoms with E-state index in [9.17, 15) is 33.0 Å². The first-order valence-electron chi connectivity index (χ1n) is 9.51. The maximum atomic E-state index is 12.6. The second-order valence-electron chi connectivity index (χ2n) is 7.31. The molecule has 12 heteroatoms. The Balaban J connectivity index is 1.69. The number of β-lactam (4-membered cyclic amide) rings is 1. The Bertz CT molecular complexity index is 1000. The number of rotatable bonds is 8. The van der Waals surface area contributed by atoms with Gasteiger partial charge in [0.25, 0.3) is 0 Å². The summed E-state index contributed by atoms with van der Waals surface area (Å²) in [4.78, 5) is 29.0. The second-order valence-corrected chi connectivity index (χ2v) is 7.31. The highest BCUT2D eigenvalue weighted by molar-refractivity contribution is 5.96. The second kappa shape index (κ2) is 9.01. The van der Waals surface area contributed by atoms with Crippen molar-refractivity contribution in [3.8, 4) is 5.75 Å². The lowest BCUT2D eigenvalue weighted by molar-refractivity contribution is -0.274. The Labute approximate surface area is 180 Å². The predicted octanol–water partition coefficient (Wildman–Crippen LogP) is 1.64. The largest absolute Gasteiger partial charge is 0.573 e. The number of aliphatic hydroxyl groups excluding tert-OH is 1. The zero-order valence-corrected chi connectivity index (χ0v) is 16.8. The summed E-state index contributed by atoms with van der Waals surface area (Å²) in [5, 5.41) is 22.7. The standard InChI is InChI=1S/C20H21F3N4O5/c1-10(12-3-2-4-13(9-12)32-20(21,22)23)26-19(31)27-16(18(29)30)14(17(27)28)7-11-5-6-25-15(24)8-11/h2-6,8-10,14,16,19,26,31H,7H2,1H3,(H2,24,25)(H,29,30). The van der Waals surface area contributed by atoms with Crippen LogP contribution in [0.1, 0.15) is 24.1 Å². The lowest BCUT2D eigenvalue weighted by Gasteiger charge is -2.47. The first-order valence-corrected chi connectivity index (χ1v) is 9.51. The van der Waals surface area contributed by atoms with Crippen molar-refractivity contribution in [1.82, 2.24) is 15.2 Å². The molecule has 1 aliphatic heterocycles. The van der Waals surface area contributed by atoms with Crippen LogP contribution in [-0.4, -0.2) is 50.7 Å². The topological polar surface area (TPSA) is 138 Å². The number of ether oxygens (including phenoxy) is 1. The number of nitrogen functional groups attached to an aromatic ring is 1. The van der Waals surface area contributed by atoms with Crippen LogP contribution < -0.4 is 15.8 Å². The van der Waals surface area contributed by atoms with E-state index in [4.69, 9.17) is 5.73 Å². The van der Waals surface area contributed by atoms with Crippen LogP contribution in [0, 0.1) is 5.92 Å². The molecule has 0 saturated carbocycles. The fourth-order valence-corrected chi connectivity index (χ4v) is 3.59. The number of carboxylic acid groups (broad SMARTS) is 1. The molecule has 172 valence electrons. The number of carbonyl (C=O) groups is 2. The quantitative estimate of drug-likeness (QED) is 0.349. The number of aliphatic carboxylic acids is 1. The molecule has 1 saturated heterocycles. The van der Waals surface area contributed by atoms with Gasteiger partial charge in [0, 0.05) is 12.2 Å². The van der Waals surface area contributed by atoms with Gasteiger partial charge in [0.1, 0.15) is 17.6 Å². The minimum atomic E-state index is -4.86. The monoisotopic (exact) mass is 454 g/mol. The number of alkyl halides is 3. The first kappa shape index (κ1) is 23.3. The number of benzene rings is 1. The third-order valence-corrected chi connectivity index (χ3v) is 5.06. The summed E-state index contributed by atoms with van der Waals surface area (Å²) in [6.07, 6.45) is -5.00. The number of aromatic nitrogens is 1. The Morgan fingerprint density at radius 1 is 1.34 bits per heavy atom. The minimum absolute atomic E-state index is 0.0954. The molecule has 32 heavy (non-hydrogen) atoms. The normalized spacial score (nSPS) is 20.4. The van der Waals surface area contributed by atoms with Gasteiger partial charge in [-0.05, 0) is 48.7 Å². The summed E-state index contributed by atoms with van der Waals surface area (Å²) in [5.74, 6) is -3.02. The average Bonchev–Trinajstić information content (AvgIpc) is 2.68. The van der Waals surface area contributed by atoms with Crippen molar-refractivity contribution in [1.29, 1.82) is 0 Å². The molecule has 1 amide bonds. The van der Waals surface area contributed by atoms with Gasteiger partial charge >= 0.3 is 12.3 Å². The van der Waals surface area contributed by atoms with E-state index in [0.717, 1.165) is 17.0 Å². The average molecular weight is 454 g/mol. The molecule has 5 N–H and O–H groups in total. The number of hydrogen-bond acceptors (Lipinski definition) is 7. The molecule has 1 aromatic heterocycles. The highest BCUT2D eigenvalue weighted by Gasteiger charge is 2.54. The van der Waals surface area contributed by atoms with Crippen molar-refractivity contribution in [3.63, 3.8) is 0 Å². The van der Waals surface area contributed by atoms with Crippen LogP contribution in [0.3, 0.4) is 0 Å². The van der Waals surface area contributed by atoms with E-state index in [1.807, 2.05) is 0 Å². The van der Waals surface area contributed by atoms with Crippen molar-refractivity contribution in [2.24, 2.45) is 5.92 Å². The molecule has 3 rings (SSSR count). The van der Waals surface area contributed by atoms with E-state index in [1.165, 1.54) is 31.3 Å². The number of aliphatic hydroxyl groups is 1. The molecule has 1 fully saturated rings. The minimum Gasteiger partial charge on any atom is -0.480 e. The molecule has 0 bridgehead atoms. The van der Waals surface area contributed by atoms with Crippen molar-refractivity contribution in [3.05, 3.63) is 53.7 Å². The SMILES string of the molecule is CC(NC(O)N1C(=O)C(Cc2ccnc(N)c2)C1C(=O)O)c1cccc(OC(F)(F)F)c1. The number of halogens is 3. The number of nitrogens with zero attached hydrogens (tertiary/aromatic N) is 2. The number of anilines is 1. The summed E-state index contributed by atoms with van der Waals surface area (Å²) >= 11 is 0. The van der Waals surface area contributed by atoms with Crippen LogP contribution in [0.25, 0.3) is 0 Å². The molecule has 0 aliphatic carbocycles. The van der Waals surface area contributed by atoms with Crippen molar-refractivity contribution in [2.45, 2.75) is 38.1 Å². The number of likely N-dealkylation sites (tertiary alicyclic amines) is 1. The number of nitrogens with one attached hydrogen (secondary N) is 1. The Morgan fingerprint density at radius 2 is 2.06 bits per heavy atom. The van der Waals surface area contributed by atoms with Gasteiger partial charge in [-0.1, -0.05) is 12.1 Å². The number of hydrogen-bond donors (Lipinski definition) is 4. The number of amides is 1. The van der Waals surface area contributed by atoms with Gasteiger partial charge in [0.2, 0.25) is 5.91 Å². The van der Waals surface area contributed by atoms with E-state index in [0.29, 0.717) is 11.1 Å². The van der Waals surface area contributed by atoms with E-state index < -0.39 is 48.3 Å². The van der Waals surface area contributed by atoms with Gasteiger partial charge in [-0.15, -0.1) is 13.2 Å². The molecular weight excluding hydrogens is 433 g/mol. The van der Waals surface area contributed by atoms with Crippen LogP contribution in [0.15, 0.2) is 42.6 Å². The smallest absolute Gasteiger partial charge is 0.480 e. The number of carboxylic acids is 1. The van der Waals surface area contributed by atoms with Crippen LogP contribution in [0.5, 0.6) is 5.75 Å². The molecule has 2 heterocycles. The molecule has 4 atom stereocenters. The van der Waals surface area contributed by atoms with E-state index in [-0.39, 0.29) is 12.2 Å². The lowest BCUT2D eigenvalue weighted by Crippen LogP contribution is -2.70. The Hall–Kier alpha value is -3.38. The molecule has 2 aromatic rings. The summed E-state index contributed by atoms with van der Waals surface area (Å²) in [7, 11) is 0.